The summed E-state index contributed by atoms with van der Waals surface area (Å²) in [7, 11) is 1.60. The van der Waals surface area contributed by atoms with E-state index in [2.05, 4.69) is 36.3 Å². The first-order chi connectivity index (χ1) is 18.8. The van der Waals surface area contributed by atoms with Gasteiger partial charge in [-0.25, -0.2) is 0 Å². The number of nitrogens with zero attached hydrogens (tertiary/aromatic N) is 1. The predicted octanol–water partition coefficient (Wildman–Crippen LogP) is 5.49. The van der Waals surface area contributed by atoms with Gasteiger partial charge in [-0.15, -0.1) is 0 Å². The van der Waals surface area contributed by atoms with Gasteiger partial charge >= 0.3 is 0 Å². The molecule has 0 atom stereocenters. The molecular weight excluding hydrogens is 526 g/mol. The third-order valence-electron chi connectivity index (χ3n) is 6.33. The molecule has 0 aromatic heterocycles. The molecule has 40 heavy (non-hydrogen) atoms. The molecule has 0 spiro atoms. The number of hydrogen-bond donors (Lipinski definition) is 2. The Hall–Kier alpha value is -2.75. The lowest BCUT2D eigenvalue weighted by Gasteiger charge is -2.26. The van der Waals surface area contributed by atoms with E-state index in [0.29, 0.717) is 29.5 Å². The van der Waals surface area contributed by atoms with E-state index < -0.39 is 5.41 Å². The molecule has 0 bridgehead atoms. The van der Waals surface area contributed by atoms with Gasteiger partial charge in [0.25, 0.3) is 0 Å². The van der Waals surface area contributed by atoms with Crippen LogP contribution in [0.5, 0.6) is 17.2 Å². The molecule has 2 aromatic carbocycles. The zero-order valence-electron chi connectivity index (χ0n) is 25.0. The van der Waals surface area contributed by atoms with Crippen LogP contribution >= 0.6 is 11.8 Å². The van der Waals surface area contributed by atoms with E-state index in [1.54, 1.807) is 18.9 Å². The summed E-state index contributed by atoms with van der Waals surface area (Å²) < 4.78 is 17.4. The minimum absolute atomic E-state index is 0.0365. The molecular formula is C31H45N3O5S. The van der Waals surface area contributed by atoms with Crippen LogP contribution in [0.4, 0.5) is 5.69 Å². The van der Waals surface area contributed by atoms with Gasteiger partial charge in [0, 0.05) is 53.3 Å². The molecule has 2 amide bonds. The zero-order valence-corrected chi connectivity index (χ0v) is 25.8. The first kappa shape index (κ1) is 31.8. The number of benzene rings is 2. The topological polar surface area (TPSA) is 89.1 Å². The lowest BCUT2D eigenvalue weighted by molar-refractivity contribution is -0.123. The molecule has 0 saturated carbocycles. The summed E-state index contributed by atoms with van der Waals surface area (Å²) in [4.78, 5) is 27.5. The molecule has 8 nitrogen and oxygen atoms in total. The van der Waals surface area contributed by atoms with Gasteiger partial charge in [0.05, 0.1) is 26.7 Å². The van der Waals surface area contributed by atoms with Crippen molar-refractivity contribution in [3.63, 3.8) is 0 Å². The normalized spacial score (nSPS) is 14.5. The average Bonchev–Trinajstić information content (AvgIpc) is 2.88. The van der Waals surface area contributed by atoms with E-state index >= 15 is 0 Å². The maximum Gasteiger partial charge on any atom is 0.229 e. The second kappa shape index (κ2) is 14.2. The summed E-state index contributed by atoms with van der Waals surface area (Å²) in [6.45, 7) is 16.9. The zero-order chi connectivity index (χ0) is 29.3. The SMILES string of the molecule is COc1ccc(CC(=O)NCCN2CCOCC2)cc1Oc1ccc(NC(=O)C(C)(C)C)cc1CSC(C)(C)C. The summed E-state index contributed by atoms with van der Waals surface area (Å²) >= 11 is 1.80. The van der Waals surface area contributed by atoms with E-state index in [1.807, 2.05) is 57.2 Å². The van der Waals surface area contributed by atoms with Crippen molar-refractivity contribution >= 4 is 29.3 Å². The number of thioether (sulfide) groups is 1. The summed E-state index contributed by atoms with van der Waals surface area (Å²) in [5, 5.41) is 6.04. The standard InChI is InChI=1S/C31H45N3O5S/c1-30(2,3)29(36)33-24-9-11-25(23(20-24)21-40-31(4,5)6)39-27-18-22(8-10-26(27)37-7)19-28(35)32-12-13-34-14-16-38-17-15-34/h8-11,18,20H,12-17,19,21H2,1-7H3,(H,32,35)(H,33,36). The van der Waals surface area contributed by atoms with Crippen LogP contribution in [-0.2, 0) is 26.5 Å². The van der Waals surface area contributed by atoms with Crippen molar-refractivity contribution < 1.29 is 23.8 Å². The summed E-state index contributed by atoms with van der Waals surface area (Å²) in [5.41, 5.74) is 2.02. The highest BCUT2D eigenvalue weighted by Gasteiger charge is 2.22. The lowest BCUT2D eigenvalue weighted by atomic mass is 9.95. The Morgan fingerprint density at radius 1 is 0.975 bits per heavy atom. The average molecular weight is 572 g/mol. The van der Waals surface area contributed by atoms with Crippen LogP contribution < -0.4 is 20.1 Å². The molecule has 220 valence electrons. The van der Waals surface area contributed by atoms with Gasteiger partial charge in [0.15, 0.2) is 11.5 Å². The maximum atomic E-state index is 12.6. The van der Waals surface area contributed by atoms with Crippen molar-refractivity contribution in [1.29, 1.82) is 0 Å². The molecule has 0 radical (unpaired) electrons. The highest BCUT2D eigenvalue weighted by molar-refractivity contribution is 7.99. The van der Waals surface area contributed by atoms with Gasteiger partial charge in [-0.05, 0) is 35.9 Å². The minimum Gasteiger partial charge on any atom is -0.493 e. The van der Waals surface area contributed by atoms with E-state index in [0.717, 1.165) is 49.7 Å². The fourth-order valence-corrected chi connectivity index (χ4v) is 4.75. The first-order valence-electron chi connectivity index (χ1n) is 13.8. The Labute approximate surface area is 243 Å². The van der Waals surface area contributed by atoms with Crippen LogP contribution in [0.3, 0.4) is 0 Å². The fourth-order valence-electron chi connectivity index (χ4n) is 3.94. The van der Waals surface area contributed by atoms with Crippen LogP contribution in [0.15, 0.2) is 36.4 Å². The van der Waals surface area contributed by atoms with Gasteiger partial charge in [0.2, 0.25) is 11.8 Å². The van der Waals surface area contributed by atoms with Crippen LogP contribution in [0.1, 0.15) is 52.7 Å². The van der Waals surface area contributed by atoms with Crippen molar-refractivity contribution in [3.05, 3.63) is 47.5 Å². The van der Waals surface area contributed by atoms with Gasteiger partial charge in [0.1, 0.15) is 5.75 Å². The summed E-state index contributed by atoms with van der Waals surface area (Å²) in [6.07, 6.45) is 0.244. The Balaban J connectivity index is 1.74. The number of carbonyl (C=O) groups excluding carboxylic acids is 2. The highest BCUT2D eigenvalue weighted by Crippen LogP contribution is 2.38. The highest BCUT2D eigenvalue weighted by atomic mass is 32.2. The van der Waals surface area contributed by atoms with Crippen LogP contribution in [0.2, 0.25) is 0 Å². The third kappa shape index (κ3) is 10.3. The third-order valence-corrected chi connectivity index (χ3v) is 7.65. The van der Waals surface area contributed by atoms with Crippen molar-refractivity contribution in [2.75, 3.05) is 51.8 Å². The van der Waals surface area contributed by atoms with Crippen molar-refractivity contribution in [3.8, 4) is 17.2 Å². The van der Waals surface area contributed by atoms with Crippen LogP contribution in [-0.4, -0.2) is 68.0 Å². The Morgan fingerprint density at radius 3 is 2.33 bits per heavy atom. The number of ether oxygens (including phenoxy) is 3. The molecule has 2 N–H and O–H groups in total. The Bertz CT molecular complexity index is 1150. The molecule has 1 aliphatic heterocycles. The van der Waals surface area contributed by atoms with E-state index in [-0.39, 0.29) is 23.0 Å². The van der Waals surface area contributed by atoms with E-state index in [4.69, 9.17) is 14.2 Å². The molecule has 1 aliphatic rings. The molecule has 0 unspecified atom stereocenters. The Morgan fingerprint density at radius 2 is 1.68 bits per heavy atom. The molecule has 1 saturated heterocycles. The number of anilines is 1. The van der Waals surface area contributed by atoms with Crippen LogP contribution in [0, 0.1) is 5.41 Å². The lowest BCUT2D eigenvalue weighted by Crippen LogP contribution is -2.41. The number of amides is 2. The molecule has 1 fully saturated rings. The molecule has 2 aromatic rings. The number of rotatable bonds is 11. The number of morpholine rings is 1. The molecule has 9 heteroatoms. The largest absolute Gasteiger partial charge is 0.493 e. The first-order valence-corrected chi connectivity index (χ1v) is 14.8. The van der Waals surface area contributed by atoms with Gasteiger partial charge < -0.3 is 24.8 Å². The number of carbonyl (C=O) groups is 2. The summed E-state index contributed by atoms with van der Waals surface area (Å²) in [5.74, 6) is 2.41. The smallest absolute Gasteiger partial charge is 0.229 e. The second-order valence-corrected chi connectivity index (χ2v) is 13.8. The molecule has 1 heterocycles. The van der Waals surface area contributed by atoms with Crippen LogP contribution in [0.25, 0.3) is 0 Å². The monoisotopic (exact) mass is 571 g/mol. The van der Waals surface area contributed by atoms with Crippen molar-refractivity contribution in [1.82, 2.24) is 10.2 Å². The van der Waals surface area contributed by atoms with Crippen molar-refractivity contribution in [2.45, 2.75) is 58.5 Å². The van der Waals surface area contributed by atoms with E-state index in [1.165, 1.54) is 0 Å². The number of hydrogen-bond acceptors (Lipinski definition) is 7. The quantitative estimate of drug-likeness (QED) is 0.368. The van der Waals surface area contributed by atoms with E-state index in [9.17, 15) is 9.59 Å². The van der Waals surface area contributed by atoms with Gasteiger partial charge in [-0.2, -0.15) is 11.8 Å². The molecule has 3 rings (SSSR count). The minimum atomic E-state index is -0.502. The molecule has 0 aliphatic carbocycles. The number of methoxy groups -OCH3 is 1. The maximum absolute atomic E-state index is 12.6. The summed E-state index contributed by atoms with van der Waals surface area (Å²) in [6, 6.07) is 11.3. The fraction of sp³-hybridized carbons (Fsp3) is 0.548. The second-order valence-electron chi connectivity index (χ2n) is 12.0. The van der Waals surface area contributed by atoms with Gasteiger partial charge in [-0.3, -0.25) is 14.5 Å². The Kier molecular flexibility index (Phi) is 11.3. The van der Waals surface area contributed by atoms with Gasteiger partial charge in [-0.1, -0.05) is 47.6 Å². The number of nitrogens with one attached hydrogen (secondary N) is 2. The predicted molar refractivity (Wildman–Crippen MR) is 163 cm³/mol. The van der Waals surface area contributed by atoms with Crippen molar-refractivity contribution in [2.24, 2.45) is 5.41 Å².